The van der Waals surface area contributed by atoms with Gasteiger partial charge in [-0.25, -0.2) is 4.98 Å². The largest absolute Gasteiger partial charge is 0.497 e. The van der Waals surface area contributed by atoms with Crippen LogP contribution in [0.2, 0.25) is 0 Å². The van der Waals surface area contributed by atoms with Crippen molar-refractivity contribution in [1.82, 2.24) is 19.7 Å². The van der Waals surface area contributed by atoms with Crippen molar-refractivity contribution in [2.75, 3.05) is 18.6 Å². The van der Waals surface area contributed by atoms with Crippen molar-refractivity contribution < 1.29 is 4.74 Å². The number of methoxy groups -OCH3 is 1. The third kappa shape index (κ3) is 3.75. The molecular formula is C23H22BN5O. The number of hydrogen-bond acceptors (Lipinski definition) is 5. The molecule has 30 heavy (non-hydrogen) atoms. The van der Waals surface area contributed by atoms with Gasteiger partial charge in [0.1, 0.15) is 13.6 Å². The Morgan fingerprint density at radius 2 is 1.97 bits per heavy atom. The van der Waals surface area contributed by atoms with Crippen molar-refractivity contribution in [3.63, 3.8) is 0 Å². The molecule has 0 spiro atoms. The summed E-state index contributed by atoms with van der Waals surface area (Å²) in [4.78, 5) is 11.7. The maximum absolute atomic E-state index is 6.14. The lowest BCUT2D eigenvalue weighted by Crippen LogP contribution is -2.21. The molecule has 0 unspecified atom stereocenters. The molecule has 2 radical (unpaired) electrons. The molecule has 7 heteroatoms. The second-order valence-electron chi connectivity index (χ2n) is 7.85. The van der Waals surface area contributed by atoms with E-state index >= 15 is 0 Å². The number of aryl methyl sites for hydroxylation is 1. The zero-order valence-corrected chi connectivity index (χ0v) is 17.1. The molecule has 0 amide bonds. The van der Waals surface area contributed by atoms with Gasteiger partial charge in [-0.05, 0) is 49.1 Å². The topological polar surface area (TPSA) is 56.1 Å². The molecule has 4 aromatic rings. The van der Waals surface area contributed by atoms with Gasteiger partial charge in [-0.15, -0.1) is 0 Å². The van der Waals surface area contributed by atoms with Gasteiger partial charge in [0.25, 0.3) is 0 Å². The summed E-state index contributed by atoms with van der Waals surface area (Å²) >= 11 is 0. The fourth-order valence-electron chi connectivity index (χ4n) is 3.66. The van der Waals surface area contributed by atoms with E-state index in [0.29, 0.717) is 11.4 Å². The average molecular weight is 395 g/mol. The van der Waals surface area contributed by atoms with Crippen LogP contribution in [0.1, 0.15) is 12.8 Å². The summed E-state index contributed by atoms with van der Waals surface area (Å²) < 4.78 is 7.21. The van der Waals surface area contributed by atoms with Gasteiger partial charge in [0.05, 0.1) is 36.2 Å². The lowest BCUT2D eigenvalue weighted by molar-refractivity contribution is 0.415. The SMILES string of the molecule is [B]c1cc(OC)cc(N(CC2CC2)c2ccc3ncc(-c4cnn(C)c4)nc3c2)c1. The second kappa shape index (κ2) is 7.48. The molecule has 1 aliphatic carbocycles. The molecule has 1 saturated carbocycles. The molecule has 2 aromatic heterocycles. The summed E-state index contributed by atoms with van der Waals surface area (Å²) in [5.74, 6) is 1.45. The van der Waals surface area contributed by atoms with E-state index in [1.807, 2.05) is 37.5 Å². The van der Waals surface area contributed by atoms with E-state index in [1.165, 1.54) is 12.8 Å². The van der Waals surface area contributed by atoms with Crippen molar-refractivity contribution in [1.29, 1.82) is 0 Å². The van der Waals surface area contributed by atoms with Gasteiger partial charge in [-0.3, -0.25) is 9.67 Å². The van der Waals surface area contributed by atoms with E-state index in [9.17, 15) is 0 Å². The molecule has 1 aliphatic rings. The van der Waals surface area contributed by atoms with E-state index in [4.69, 9.17) is 17.6 Å². The molecule has 5 rings (SSSR count). The Labute approximate surface area is 176 Å². The van der Waals surface area contributed by atoms with E-state index in [1.54, 1.807) is 24.2 Å². The quantitative estimate of drug-likeness (QED) is 0.469. The summed E-state index contributed by atoms with van der Waals surface area (Å²) in [5, 5.41) is 4.24. The first-order valence-electron chi connectivity index (χ1n) is 10.1. The standard InChI is InChI=1S/C23H22BN5O/c1-28-14-16(11-26-28)23-12-25-21-6-5-18(10-22(21)27-23)29(13-15-3-4-15)19-7-17(24)8-20(9-19)30-2/h5-12,14-15H,3-4,13H2,1-2H3. The van der Waals surface area contributed by atoms with Gasteiger partial charge in [0.2, 0.25) is 0 Å². The van der Waals surface area contributed by atoms with Gasteiger partial charge >= 0.3 is 0 Å². The maximum atomic E-state index is 6.14. The first kappa shape index (κ1) is 18.7. The molecule has 0 bridgehead atoms. The summed E-state index contributed by atoms with van der Waals surface area (Å²) in [6, 6.07) is 12.1. The van der Waals surface area contributed by atoms with Crippen LogP contribution in [0.15, 0.2) is 55.0 Å². The summed E-state index contributed by atoms with van der Waals surface area (Å²) in [6.45, 7) is 0.938. The maximum Gasteiger partial charge on any atom is 0.120 e. The van der Waals surface area contributed by atoms with Crippen molar-refractivity contribution >= 4 is 35.7 Å². The molecular weight excluding hydrogens is 373 g/mol. The minimum absolute atomic E-state index is 0.685. The second-order valence-corrected chi connectivity index (χ2v) is 7.85. The molecule has 2 aromatic carbocycles. The lowest BCUT2D eigenvalue weighted by Gasteiger charge is -2.26. The fourth-order valence-corrected chi connectivity index (χ4v) is 3.66. The summed E-state index contributed by atoms with van der Waals surface area (Å²) in [7, 11) is 9.69. The lowest BCUT2D eigenvalue weighted by atomic mass is 9.95. The predicted octanol–water partition coefficient (Wildman–Crippen LogP) is 3.38. The van der Waals surface area contributed by atoms with Crippen LogP contribution in [0, 0.1) is 5.92 Å². The normalized spacial score (nSPS) is 13.5. The number of hydrogen-bond donors (Lipinski definition) is 0. The third-order valence-corrected chi connectivity index (χ3v) is 5.44. The number of benzene rings is 2. The molecule has 0 aliphatic heterocycles. The molecule has 0 saturated heterocycles. The minimum Gasteiger partial charge on any atom is -0.497 e. The Hall–Kier alpha value is -3.35. The van der Waals surface area contributed by atoms with Crippen LogP contribution in [0.25, 0.3) is 22.3 Å². The first-order chi connectivity index (χ1) is 14.6. The molecule has 0 N–H and O–H groups in total. The van der Waals surface area contributed by atoms with Gasteiger partial charge in [-0.1, -0.05) is 5.46 Å². The highest BCUT2D eigenvalue weighted by atomic mass is 16.5. The smallest absolute Gasteiger partial charge is 0.120 e. The number of aromatic nitrogens is 4. The minimum atomic E-state index is 0.685. The number of fused-ring (bicyclic) bond motifs is 1. The van der Waals surface area contributed by atoms with E-state index in [-0.39, 0.29) is 0 Å². The van der Waals surface area contributed by atoms with Crippen molar-refractivity contribution in [2.24, 2.45) is 13.0 Å². The van der Waals surface area contributed by atoms with Crippen LogP contribution in [0.4, 0.5) is 11.4 Å². The highest BCUT2D eigenvalue weighted by molar-refractivity contribution is 6.32. The number of anilines is 2. The van der Waals surface area contributed by atoms with Crippen LogP contribution in [0.5, 0.6) is 5.75 Å². The number of nitrogens with zero attached hydrogens (tertiary/aromatic N) is 5. The Balaban J connectivity index is 1.58. The number of ether oxygens (including phenoxy) is 1. The zero-order valence-electron chi connectivity index (χ0n) is 17.1. The predicted molar refractivity (Wildman–Crippen MR) is 120 cm³/mol. The molecule has 1 fully saturated rings. The Bertz CT molecular complexity index is 1220. The van der Waals surface area contributed by atoms with Crippen LogP contribution in [-0.4, -0.2) is 41.2 Å². The summed E-state index contributed by atoms with van der Waals surface area (Å²) in [6.07, 6.45) is 8.06. The Morgan fingerprint density at radius 1 is 1.10 bits per heavy atom. The highest BCUT2D eigenvalue weighted by Gasteiger charge is 2.26. The van der Waals surface area contributed by atoms with E-state index in [0.717, 1.165) is 46.0 Å². The molecule has 0 atom stereocenters. The van der Waals surface area contributed by atoms with Crippen molar-refractivity contribution in [3.8, 4) is 17.0 Å². The molecule has 2 heterocycles. The van der Waals surface area contributed by atoms with Gasteiger partial charge in [0.15, 0.2) is 0 Å². The Morgan fingerprint density at radius 3 is 2.70 bits per heavy atom. The van der Waals surface area contributed by atoms with E-state index in [2.05, 4.69) is 27.1 Å². The van der Waals surface area contributed by atoms with Gasteiger partial charge in [-0.2, -0.15) is 5.10 Å². The first-order valence-corrected chi connectivity index (χ1v) is 10.1. The third-order valence-electron chi connectivity index (χ3n) is 5.44. The van der Waals surface area contributed by atoms with Crippen LogP contribution < -0.4 is 15.1 Å². The zero-order chi connectivity index (χ0) is 20.7. The van der Waals surface area contributed by atoms with E-state index < -0.39 is 0 Å². The molecule has 148 valence electrons. The Kier molecular flexibility index (Phi) is 4.66. The van der Waals surface area contributed by atoms with Gasteiger partial charge in [0, 0.05) is 42.8 Å². The van der Waals surface area contributed by atoms with Crippen LogP contribution in [-0.2, 0) is 7.05 Å². The van der Waals surface area contributed by atoms with Crippen molar-refractivity contribution in [3.05, 3.63) is 55.0 Å². The highest BCUT2D eigenvalue weighted by Crippen LogP contribution is 2.36. The monoisotopic (exact) mass is 395 g/mol. The fraction of sp³-hybridized carbons (Fsp3) is 0.261. The van der Waals surface area contributed by atoms with Crippen LogP contribution in [0.3, 0.4) is 0 Å². The van der Waals surface area contributed by atoms with Crippen LogP contribution >= 0.6 is 0 Å². The summed E-state index contributed by atoms with van der Waals surface area (Å²) in [5.41, 5.74) is 6.26. The average Bonchev–Trinajstić information content (AvgIpc) is 3.48. The van der Waals surface area contributed by atoms with Crippen molar-refractivity contribution in [2.45, 2.75) is 12.8 Å². The molecule has 6 nitrogen and oxygen atoms in total. The van der Waals surface area contributed by atoms with Gasteiger partial charge < -0.3 is 9.64 Å². The number of rotatable bonds is 6.